The predicted octanol–water partition coefficient (Wildman–Crippen LogP) is 1.23. The van der Waals surface area contributed by atoms with Gasteiger partial charge in [-0.15, -0.1) is 0 Å². The van der Waals surface area contributed by atoms with Crippen molar-refractivity contribution in [2.75, 3.05) is 50.8 Å². The highest BCUT2D eigenvalue weighted by Gasteiger charge is 2.42. The number of carbonyl (C=O) groups is 1. The third-order valence-electron chi connectivity index (χ3n) is 5.05. The normalized spacial score (nSPS) is 21.3. The first-order valence-corrected chi connectivity index (χ1v) is 8.22. The van der Waals surface area contributed by atoms with Crippen molar-refractivity contribution in [3.05, 3.63) is 30.1 Å². The maximum absolute atomic E-state index is 13.0. The summed E-state index contributed by atoms with van der Waals surface area (Å²) in [5.41, 5.74) is 6.48. The number of rotatable bonds is 3. The van der Waals surface area contributed by atoms with Crippen molar-refractivity contribution in [2.45, 2.75) is 12.8 Å². The molecular formula is C17H24FN3O2. The van der Waals surface area contributed by atoms with Crippen molar-refractivity contribution in [3.63, 3.8) is 0 Å². The van der Waals surface area contributed by atoms with E-state index in [0.717, 1.165) is 18.8 Å². The third-order valence-corrected chi connectivity index (χ3v) is 5.05. The van der Waals surface area contributed by atoms with E-state index in [1.54, 1.807) is 12.1 Å². The minimum atomic E-state index is -0.448. The van der Waals surface area contributed by atoms with Crippen LogP contribution < -0.4 is 10.6 Å². The minimum Gasteiger partial charge on any atom is -0.381 e. The van der Waals surface area contributed by atoms with Gasteiger partial charge in [-0.3, -0.25) is 4.79 Å². The zero-order chi connectivity index (χ0) is 16.3. The second-order valence-electron chi connectivity index (χ2n) is 6.35. The van der Waals surface area contributed by atoms with Crippen molar-refractivity contribution in [2.24, 2.45) is 11.1 Å². The number of nitrogens with two attached hydrogens (primary N) is 1. The average molecular weight is 321 g/mol. The van der Waals surface area contributed by atoms with Crippen LogP contribution in [0, 0.1) is 11.2 Å². The fraction of sp³-hybridized carbons (Fsp3) is 0.588. The summed E-state index contributed by atoms with van der Waals surface area (Å²) in [5.74, 6) is -0.0611. The molecule has 1 amide bonds. The largest absolute Gasteiger partial charge is 0.381 e. The molecule has 0 aromatic heterocycles. The van der Waals surface area contributed by atoms with Gasteiger partial charge in [0.1, 0.15) is 5.82 Å². The number of halogens is 1. The highest BCUT2D eigenvalue weighted by Crippen LogP contribution is 2.32. The van der Waals surface area contributed by atoms with E-state index < -0.39 is 5.41 Å². The molecule has 2 N–H and O–H groups in total. The number of ether oxygens (including phenoxy) is 1. The lowest BCUT2D eigenvalue weighted by Gasteiger charge is -2.42. The van der Waals surface area contributed by atoms with E-state index in [9.17, 15) is 9.18 Å². The van der Waals surface area contributed by atoms with Gasteiger partial charge >= 0.3 is 0 Å². The fourth-order valence-corrected chi connectivity index (χ4v) is 3.42. The third kappa shape index (κ3) is 3.33. The van der Waals surface area contributed by atoms with Gasteiger partial charge in [0.15, 0.2) is 0 Å². The molecule has 0 radical (unpaired) electrons. The molecule has 0 unspecified atom stereocenters. The van der Waals surface area contributed by atoms with Crippen LogP contribution in [0.2, 0.25) is 0 Å². The van der Waals surface area contributed by atoms with E-state index >= 15 is 0 Å². The summed E-state index contributed by atoms with van der Waals surface area (Å²) in [6, 6.07) is 6.51. The van der Waals surface area contributed by atoms with Crippen LogP contribution in [0.25, 0.3) is 0 Å². The Balaban J connectivity index is 1.61. The summed E-state index contributed by atoms with van der Waals surface area (Å²) >= 11 is 0. The minimum absolute atomic E-state index is 0.169. The molecule has 0 aliphatic carbocycles. The molecule has 2 saturated heterocycles. The lowest BCUT2D eigenvalue weighted by Crippen LogP contribution is -2.56. The molecule has 0 bridgehead atoms. The van der Waals surface area contributed by atoms with Crippen molar-refractivity contribution >= 4 is 11.6 Å². The molecule has 2 aliphatic rings. The van der Waals surface area contributed by atoms with Gasteiger partial charge in [-0.1, -0.05) is 0 Å². The van der Waals surface area contributed by atoms with Gasteiger partial charge < -0.3 is 20.3 Å². The fourth-order valence-electron chi connectivity index (χ4n) is 3.42. The molecule has 23 heavy (non-hydrogen) atoms. The molecule has 1 aromatic carbocycles. The van der Waals surface area contributed by atoms with Crippen LogP contribution in [-0.2, 0) is 9.53 Å². The van der Waals surface area contributed by atoms with E-state index in [1.165, 1.54) is 12.1 Å². The first-order chi connectivity index (χ1) is 11.1. The first-order valence-electron chi connectivity index (χ1n) is 8.22. The second kappa shape index (κ2) is 6.84. The van der Waals surface area contributed by atoms with E-state index in [2.05, 4.69) is 4.90 Å². The van der Waals surface area contributed by atoms with Crippen LogP contribution in [0.1, 0.15) is 12.8 Å². The van der Waals surface area contributed by atoms with Gasteiger partial charge in [-0.05, 0) is 37.1 Å². The maximum Gasteiger partial charge on any atom is 0.230 e. The second-order valence-corrected chi connectivity index (χ2v) is 6.35. The molecular weight excluding hydrogens is 297 g/mol. The van der Waals surface area contributed by atoms with Crippen LogP contribution in [0.4, 0.5) is 10.1 Å². The standard InChI is InChI=1S/C17H24FN3O2/c18-14-1-3-15(4-2-14)20-7-9-21(10-8-20)16(22)17(13-19)5-11-23-12-6-17/h1-4H,5-13,19H2. The summed E-state index contributed by atoms with van der Waals surface area (Å²) in [5, 5.41) is 0. The van der Waals surface area contributed by atoms with Crippen molar-refractivity contribution in [1.29, 1.82) is 0 Å². The average Bonchev–Trinajstić information content (AvgIpc) is 2.62. The molecule has 0 atom stereocenters. The van der Waals surface area contributed by atoms with Crippen LogP contribution in [0.15, 0.2) is 24.3 Å². The van der Waals surface area contributed by atoms with Crippen LogP contribution in [0.3, 0.4) is 0 Å². The Kier molecular flexibility index (Phi) is 4.82. The Morgan fingerprint density at radius 2 is 1.74 bits per heavy atom. The molecule has 0 saturated carbocycles. The lowest BCUT2D eigenvalue weighted by molar-refractivity contribution is -0.147. The summed E-state index contributed by atoms with van der Waals surface area (Å²) in [4.78, 5) is 17.0. The summed E-state index contributed by atoms with van der Waals surface area (Å²) in [7, 11) is 0. The molecule has 1 aromatic rings. The topological polar surface area (TPSA) is 58.8 Å². The highest BCUT2D eigenvalue weighted by atomic mass is 19.1. The number of carbonyl (C=O) groups excluding carboxylic acids is 1. The van der Waals surface area contributed by atoms with Gasteiger partial charge in [-0.25, -0.2) is 4.39 Å². The molecule has 5 nitrogen and oxygen atoms in total. The van der Waals surface area contributed by atoms with Crippen LogP contribution in [0.5, 0.6) is 0 Å². The smallest absolute Gasteiger partial charge is 0.230 e. The number of hydrogen-bond acceptors (Lipinski definition) is 4. The zero-order valence-corrected chi connectivity index (χ0v) is 13.3. The molecule has 3 rings (SSSR count). The highest BCUT2D eigenvalue weighted by molar-refractivity contribution is 5.83. The van der Waals surface area contributed by atoms with Gasteiger partial charge in [-0.2, -0.15) is 0 Å². The van der Waals surface area contributed by atoms with Crippen molar-refractivity contribution < 1.29 is 13.9 Å². The summed E-state index contributed by atoms with van der Waals surface area (Å²) in [6.07, 6.45) is 1.42. The first kappa shape index (κ1) is 16.2. The lowest BCUT2D eigenvalue weighted by atomic mass is 9.78. The van der Waals surface area contributed by atoms with Gasteiger partial charge in [0.25, 0.3) is 0 Å². The number of amides is 1. The Morgan fingerprint density at radius 3 is 2.30 bits per heavy atom. The Labute approximate surface area is 136 Å². The van der Waals surface area contributed by atoms with E-state index in [4.69, 9.17) is 10.5 Å². The molecule has 6 heteroatoms. The van der Waals surface area contributed by atoms with Gasteiger partial charge in [0.05, 0.1) is 5.41 Å². The van der Waals surface area contributed by atoms with E-state index in [-0.39, 0.29) is 11.7 Å². The van der Waals surface area contributed by atoms with Crippen molar-refractivity contribution in [3.8, 4) is 0 Å². The molecule has 126 valence electrons. The number of anilines is 1. The van der Waals surface area contributed by atoms with Crippen molar-refractivity contribution in [1.82, 2.24) is 4.90 Å². The van der Waals surface area contributed by atoms with Gasteiger partial charge in [0.2, 0.25) is 5.91 Å². The molecule has 2 fully saturated rings. The van der Waals surface area contributed by atoms with Crippen LogP contribution in [-0.4, -0.2) is 56.7 Å². The zero-order valence-electron chi connectivity index (χ0n) is 13.3. The van der Waals surface area contributed by atoms with Gasteiger partial charge in [0, 0.05) is 51.6 Å². The quantitative estimate of drug-likeness (QED) is 0.910. The molecule has 2 aliphatic heterocycles. The number of benzene rings is 1. The molecule has 2 heterocycles. The number of piperazine rings is 1. The molecule has 0 spiro atoms. The predicted molar refractivity (Wildman–Crippen MR) is 86.7 cm³/mol. The maximum atomic E-state index is 13.0. The Hall–Kier alpha value is -1.66. The summed E-state index contributed by atoms with van der Waals surface area (Å²) in [6.45, 7) is 4.48. The number of nitrogens with zero attached hydrogens (tertiary/aromatic N) is 2. The van der Waals surface area contributed by atoms with E-state index in [1.807, 2.05) is 4.90 Å². The summed E-state index contributed by atoms with van der Waals surface area (Å²) < 4.78 is 18.4. The van der Waals surface area contributed by atoms with Crippen LogP contribution >= 0.6 is 0 Å². The number of hydrogen-bond donors (Lipinski definition) is 1. The monoisotopic (exact) mass is 321 g/mol. The van der Waals surface area contributed by atoms with E-state index in [0.29, 0.717) is 45.7 Å². The Bertz CT molecular complexity index is 535. The SMILES string of the molecule is NCC1(C(=O)N2CCN(c3ccc(F)cc3)CC2)CCOCC1. The Morgan fingerprint density at radius 1 is 1.13 bits per heavy atom.